The second kappa shape index (κ2) is 6.77. The van der Waals surface area contributed by atoms with Crippen molar-refractivity contribution in [1.82, 2.24) is 15.1 Å². The summed E-state index contributed by atoms with van der Waals surface area (Å²) in [7, 11) is 2.06. The van der Waals surface area contributed by atoms with Gasteiger partial charge in [-0.05, 0) is 50.0 Å². The first-order valence-electron chi connectivity index (χ1n) is 8.86. The molecule has 0 radical (unpaired) electrons. The second-order valence-electron chi connectivity index (χ2n) is 7.13. The van der Waals surface area contributed by atoms with Crippen LogP contribution in [-0.4, -0.2) is 60.9 Å². The molecule has 2 atom stereocenters. The van der Waals surface area contributed by atoms with Crippen molar-refractivity contribution in [3.63, 3.8) is 0 Å². The lowest BCUT2D eigenvalue weighted by atomic mass is 10.1. The number of thiophene rings is 1. The van der Waals surface area contributed by atoms with Gasteiger partial charge < -0.3 is 15.1 Å². The molecule has 25 heavy (non-hydrogen) atoms. The third-order valence-corrected chi connectivity index (χ3v) is 6.20. The van der Waals surface area contributed by atoms with Crippen molar-refractivity contribution in [2.24, 2.45) is 5.92 Å². The van der Waals surface area contributed by atoms with E-state index in [9.17, 15) is 9.59 Å². The highest BCUT2D eigenvalue weighted by Gasteiger charge is 2.34. The third-order valence-electron chi connectivity index (χ3n) is 5.32. The van der Waals surface area contributed by atoms with Crippen LogP contribution in [0, 0.1) is 5.92 Å². The van der Waals surface area contributed by atoms with Crippen molar-refractivity contribution in [1.29, 1.82) is 0 Å². The molecule has 5 nitrogen and oxygen atoms in total. The SMILES string of the molecule is CN1CC[C@H](C(=O)N2CCC(NC(=O)c3cccc4sccc34)C2)C1. The van der Waals surface area contributed by atoms with Crippen molar-refractivity contribution in [3.8, 4) is 0 Å². The predicted octanol–water partition coefficient (Wildman–Crippen LogP) is 2.18. The van der Waals surface area contributed by atoms with E-state index in [1.807, 2.05) is 34.5 Å². The van der Waals surface area contributed by atoms with E-state index < -0.39 is 0 Å². The molecule has 2 aliphatic heterocycles. The molecule has 2 aliphatic rings. The molecule has 0 aliphatic carbocycles. The summed E-state index contributed by atoms with van der Waals surface area (Å²) >= 11 is 1.64. The number of amides is 2. The lowest BCUT2D eigenvalue weighted by Gasteiger charge is -2.21. The zero-order valence-corrected chi connectivity index (χ0v) is 15.2. The second-order valence-corrected chi connectivity index (χ2v) is 8.08. The molecule has 2 saturated heterocycles. The van der Waals surface area contributed by atoms with E-state index in [1.165, 1.54) is 0 Å². The molecule has 1 unspecified atom stereocenters. The number of hydrogen-bond donors (Lipinski definition) is 1. The Morgan fingerprint density at radius 1 is 1.16 bits per heavy atom. The summed E-state index contributed by atoms with van der Waals surface area (Å²) in [6.45, 7) is 3.22. The van der Waals surface area contributed by atoms with Gasteiger partial charge in [0.2, 0.25) is 5.91 Å². The molecule has 2 amide bonds. The van der Waals surface area contributed by atoms with Gasteiger partial charge in [-0.3, -0.25) is 9.59 Å². The Hall–Kier alpha value is -1.92. The Kier molecular flexibility index (Phi) is 4.48. The van der Waals surface area contributed by atoms with Gasteiger partial charge in [-0.1, -0.05) is 6.07 Å². The van der Waals surface area contributed by atoms with E-state index in [2.05, 4.69) is 17.3 Å². The number of likely N-dealkylation sites (tertiary alicyclic amines) is 2. The number of benzene rings is 1. The number of carbonyl (C=O) groups is 2. The number of hydrogen-bond acceptors (Lipinski definition) is 4. The number of nitrogens with zero attached hydrogens (tertiary/aromatic N) is 2. The molecule has 2 fully saturated rings. The van der Waals surface area contributed by atoms with Gasteiger partial charge in [-0.25, -0.2) is 0 Å². The lowest BCUT2D eigenvalue weighted by Crippen LogP contribution is -2.40. The summed E-state index contributed by atoms with van der Waals surface area (Å²) in [6.07, 6.45) is 1.78. The van der Waals surface area contributed by atoms with Gasteiger partial charge in [-0.2, -0.15) is 0 Å². The summed E-state index contributed by atoms with van der Waals surface area (Å²) in [5.74, 6) is 0.337. The molecule has 1 aromatic heterocycles. The van der Waals surface area contributed by atoms with Crippen LogP contribution in [0.15, 0.2) is 29.6 Å². The average molecular weight is 357 g/mol. The van der Waals surface area contributed by atoms with E-state index in [0.717, 1.165) is 48.1 Å². The van der Waals surface area contributed by atoms with Crippen LogP contribution in [0.1, 0.15) is 23.2 Å². The fraction of sp³-hybridized carbons (Fsp3) is 0.474. The van der Waals surface area contributed by atoms with Crippen LogP contribution >= 0.6 is 11.3 Å². The van der Waals surface area contributed by atoms with Gasteiger partial charge in [0.05, 0.1) is 5.92 Å². The smallest absolute Gasteiger partial charge is 0.252 e. The van der Waals surface area contributed by atoms with Gasteiger partial charge in [0, 0.05) is 41.3 Å². The standard InChI is InChI=1S/C19H23N3O2S/c1-21-8-5-13(11-21)19(24)22-9-6-14(12-22)20-18(23)16-3-2-4-17-15(16)7-10-25-17/h2-4,7,10,13-14H,5-6,8-9,11-12H2,1H3,(H,20,23)/t13-,14?/m0/s1. The molecular formula is C19H23N3O2S. The molecule has 0 saturated carbocycles. The summed E-state index contributed by atoms with van der Waals surface area (Å²) in [5, 5.41) is 6.14. The van der Waals surface area contributed by atoms with Gasteiger partial charge in [0.15, 0.2) is 0 Å². The first-order valence-corrected chi connectivity index (χ1v) is 9.74. The van der Waals surface area contributed by atoms with Gasteiger partial charge in [-0.15, -0.1) is 11.3 Å². The number of carbonyl (C=O) groups excluding carboxylic acids is 2. The predicted molar refractivity (Wildman–Crippen MR) is 99.9 cm³/mol. The van der Waals surface area contributed by atoms with Crippen LogP contribution in [0.25, 0.3) is 10.1 Å². The first kappa shape index (κ1) is 16.5. The summed E-state index contributed by atoms with van der Waals surface area (Å²) in [5.41, 5.74) is 0.723. The molecule has 0 bridgehead atoms. The van der Waals surface area contributed by atoms with Gasteiger partial charge in [0.1, 0.15) is 0 Å². The summed E-state index contributed by atoms with van der Waals surface area (Å²) in [4.78, 5) is 29.4. The Bertz CT molecular complexity index is 803. The molecular weight excluding hydrogens is 334 g/mol. The molecule has 4 rings (SSSR count). The maximum absolute atomic E-state index is 12.7. The van der Waals surface area contributed by atoms with E-state index in [1.54, 1.807) is 11.3 Å². The highest BCUT2D eigenvalue weighted by atomic mass is 32.1. The Morgan fingerprint density at radius 2 is 2.04 bits per heavy atom. The normalized spacial score (nSPS) is 24.1. The lowest BCUT2D eigenvalue weighted by molar-refractivity contribution is -0.134. The zero-order valence-electron chi connectivity index (χ0n) is 14.4. The minimum absolute atomic E-state index is 0.0381. The van der Waals surface area contributed by atoms with Crippen LogP contribution < -0.4 is 5.32 Å². The Balaban J connectivity index is 1.38. The van der Waals surface area contributed by atoms with Gasteiger partial charge >= 0.3 is 0 Å². The third kappa shape index (κ3) is 3.28. The number of fused-ring (bicyclic) bond motifs is 1. The molecule has 1 aromatic carbocycles. The monoisotopic (exact) mass is 357 g/mol. The average Bonchev–Trinajstić information content (AvgIpc) is 3.33. The van der Waals surface area contributed by atoms with E-state index in [-0.39, 0.29) is 23.8 Å². The van der Waals surface area contributed by atoms with Crippen molar-refractivity contribution in [2.75, 3.05) is 33.2 Å². The molecule has 3 heterocycles. The van der Waals surface area contributed by atoms with Crippen LogP contribution in [-0.2, 0) is 4.79 Å². The molecule has 2 aromatic rings. The van der Waals surface area contributed by atoms with E-state index >= 15 is 0 Å². The largest absolute Gasteiger partial charge is 0.347 e. The Morgan fingerprint density at radius 3 is 2.84 bits per heavy atom. The molecule has 0 spiro atoms. The minimum atomic E-state index is -0.0381. The molecule has 6 heteroatoms. The Labute approximate surface area is 151 Å². The summed E-state index contributed by atoms with van der Waals surface area (Å²) < 4.78 is 1.13. The maximum atomic E-state index is 12.7. The number of rotatable bonds is 3. The maximum Gasteiger partial charge on any atom is 0.252 e. The summed E-state index contributed by atoms with van der Waals surface area (Å²) in [6, 6.07) is 7.87. The highest BCUT2D eigenvalue weighted by molar-refractivity contribution is 7.17. The number of nitrogens with one attached hydrogen (secondary N) is 1. The zero-order chi connectivity index (χ0) is 17.4. The first-order chi connectivity index (χ1) is 12.1. The van der Waals surface area contributed by atoms with E-state index in [0.29, 0.717) is 6.54 Å². The minimum Gasteiger partial charge on any atom is -0.347 e. The van der Waals surface area contributed by atoms with Crippen LogP contribution in [0.2, 0.25) is 0 Å². The highest BCUT2D eigenvalue weighted by Crippen LogP contribution is 2.25. The van der Waals surface area contributed by atoms with Crippen molar-refractivity contribution in [2.45, 2.75) is 18.9 Å². The fourth-order valence-corrected chi connectivity index (χ4v) is 4.74. The fourth-order valence-electron chi connectivity index (χ4n) is 3.93. The van der Waals surface area contributed by atoms with Crippen molar-refractivity contribution >= 4 is 33.2 Å². The van der Waals surface area contributed by atoms with Crippen molar-refractivity contribution < 1.29 is 9.59 Å². The molecule has 1 N–H and O–H groups in total. The quantitative estimate of drug-likeness (QED) is 0.916. The van der Waals surface area contributed by atoms with Crippen LogP contribution in [0.4, 0.5) is 0 Å². The van der Waals surface area contributed by atoms with Crippen LogP contribution in [0.3, 0.4) is 0 Å². The van der Waals surface area contributed by atoms with E-state index in [4.69, 9.17) is 0 Å². The topological polar surface area (TPSA) is 52.7 Å². The van der Waals surface area contributed by atoms with Crippen LogP contribution in [0.5, 0.6) is 0 Å². The molecule has 132 valence electrons. The van der Waals surface area contributed by atoms with Gasteiger partial charge in [0.25, 0.3) is 5.91 Å². The van der Waals surface area contributed by atoms with Crippen molar-refractivity contribution in [3.05, 3.63) is 35.2 Å².